The Kier molecular flexibility index (Phi) is 20.7. The Morgan fingerprint density at radius 3 is 2.22 bits per heavy atom. The summed E-state index contributed by atoms with van der Waals surface area (Å²) in [4.78, 5) is 66.9. The molecular formula is C66H76N10O11S3. The number of sulfone groups is 1. The number of phenols is 1. The third-order valence-electron chi connectivity index (χ3n) is 16.9. The zero-order valence-corrected chi connectivity index (χ0v) is 52.9. The van der Waals surface area contributed by atoms with Gasteiger partial charge in [-0.15, -0.1) is 5.10 Å². The average Bonchev–Trinajstić information content (AvgIpc) is 1.16. The minimum absolute atomic E-state index is 0.00870. The van der Waals surface area contributed by atoms with Crippen molar-refractivity contribution in [2.45, 2.75) is 134 Å². The number of benzene rings is 6. The van der Waals surface area contributed by atoms with Crippen LogP contribution in [0.4, 0.5) is 10.5 Å². The van der Waals surface area contributed by atoms with E-state index in [0.29, 0.717) is 70.5 Å². The molecule has 2 unspecified atom stereocenters. The van der Waals surface area contributed by atoms with Gasteiger partial charge in [-0.3, -0.25) is 19.2 Å². The van der Waals surface area contributed by atoms with Crippen molar-refractivity contribution in [2.24, 2.45) is 0 Å². The van der Waals surface area contributed by atoms with E-state index in [2.05, 4.69) is 36.9 Å². The summed E-state index contributed by atoms with van der Waals surface area (Å²) in [5.41, 5.74) is 4.05. The maximum Gasteiger partial charge on any atom is 0.315 e. The molecule has 0 aliphatic carbocycles. The van der Waals surface area contributed by atoms with E-state index in [-0.39, 0.29) is 94.2 Å². The van der Waals surface area contributed by atoms with Crippen molar-refractivity contribution >= 4 is 77.6 Å². The average molecular weight is 1280 g/mol. The Hall–Kier alpha value is -8.16. The standard InChI is InChI=1S/C66H76N10O11S3/c1-42-38-75(90(86,87)50-17-12-16-49(36-50)89(84,85)59-20-13-18-53-52(59)32-31-51(42)63(53)74(2)3)40-57(78)56(35-44-25-29-48(77)30-26-44)76-39-47(72-73-76)37-68-65(82)54(34-43-23-27-46(28-24-43)64(81)45-14-6-4-7-15-45)69-61(80)22-8-5-11-33-67-60(79)21-10-9-19-58-62-55(41-88-58)70-66(83)71-62/h4,6-7,12-18,20,23-32,36,39,42,54-58,62,77-78H,5,8-11,19,21-22,33-35,37-38,40-41H2,1-3H3,(H,67,79)(H,68,82)(H,69,80)(H2,70,71,83)/t42?,54-,55-,56-,57?,58-,62-/m0/s1. The highest BCUT2D eigenvalue weighted by atomic mass is 32.2. The summed E-state index contributed by atoms with van der Waals surface area (Å²) < 4.78 is 61.6. The number of hydrogen-bond donors (Lipinski definition) is 7. The molecule has 2 saturated heterocycles. The van der Waals surface area contributed by atoms with E-state index in [9.17, 15) is 42.6 Å². The third-order valence-corrected chi connectivity index (χ3v) is 22.1. The summed E-state index contributed by atoms with van der Waals surface area (Å²) in [6, 6.07) is 34.0. The molecule has 1 aromatic heterocycles. The number of carbonyl (C=O) groups is 5. The molecule has 24 heteroatoms. The van der Waals surface area contributed by atoms with Crippen molar-refractivity contribution < 1.29 is 51.0 Å². The number of nitrogens with one attached hydrogen (secondary N) is 5. The number of hydrogen-bond acceptors (Lipinski definition) is 15. The van der Waals surface area contributed by atoms with Crippen LogP contribution >= 0.6 is 11.8 Å². The number of aliphatic hydroxyl groups excluding tert-OH is 1. The number of urea groups is 1. The number of ketones is 1. The molecule has 7 aromatic rings. The van der Waals surface area contributed by atoms with Gasteiger partial charge in [0.1, 0.15) is 17.5 Å². The van der Waals surface area contributed by atoms with Gasteiger partial charge in [-0.05, 0) is 91.1 Å². The highest BCUT2D eigenvalue weighted by molar-refractivity contribution is 8.00. The van der Waals surface area contributed by atoms with Crippen molar-refractivity contribution in [2.75, 3.05) is 44.4 Å². The SMILES string of the molecule is CC1CN(CC(O)[C@H](Cc2ccc(O)cc2)n2cc(CNC(=O)[C@H](Cc3ccc(C(=O)c4ccccc4)cc3)NC(=O)CCCCCNC(=O)CCCC[C@@H]3SC[C@@H]4NC(=O)N[C@@H]43)nn2)S(=O)(=O)c2cccc(c2)S(=O)(=O)c2cccc3c(N(C)C)c1ccc23. The van der Waals surface area contributed by atoms with Crippen LogP contribution in [0.2, 0.25) is 0 Å². The lowest BCUT2D eigenvalue weighted by molar-refractivity contribution is -0.129. The Bertz CT molecular complexity index is 3960. The summed E-state index contributed by atoms with van der Waals surface area (Å²) >= 11 is 1.85. The number of thioether (sulfide) groups is 1. The molecule has 4 aliphatic heterocycles. The van der Waals surface area contributed by atoms with Crippen LogP contribution in [0.15, 0.2) is 154 Å². The van der Waals surface area contributed by atoms with Crippen molar-refractivity contribution in [1.29, 1.82) is 0 Å². The maximum absolute atomic E-state index is 15.1. The first-order valence-corrected chi connectivity index (χ1v) is 34.4. The largest absolute Gasteiger partial charge is 0.508 e. The fourth-order valence-corrected chi connectivity index (χ4v) is 16.8. The van der Waals surface area contributed by atoms with E-state index in [4.69, 9.17) is 0 Å². The quantitative estimate of drug-likeness (QED) is 0.0164. The molecule has 0 radical (unpaired) electrons. The van der Waals surface area contributed by atoms with Gasteiger partial charge >= 0.3 is 6.03 Å². The van der Waals surface area contributed by atoms with Gasteiger partial charge in [0.2, 0.25) is 37.6 Å². The molecule has 0 spiro atoms. The van der Waals surface area contributed by atoms with Crippen molar-refractivity contribution in [3.63, 3.8) is 0 Å². The van der Waals surface area contributed by atoms with Crippen LogP contribution < -0.4 is 31.5 Å². The number of aliphatic hydroxyl groups is 1. The number of aromatic hydroxyl groups is 1. The molecule has 5 amide bonds. The van der Waals surface area contributed by atoms with Gasteiger partial charge in [0, 0.05) is 91.6 Å². The van der Waals surface area contributed by atoms with Crippen LogP contribution in [0.25, 0.3) is 10.8 Å². The fourth-order valence-electron chi connectivity index (χ4n) is 12.1. The number of unbranched alkanes of at least 4 members (excludes halogenated alkanes) is 3. The summed E-state index contributed by atoms with van der Waals surface area (Å²) in [5, 5.41) is 47.7. The van der Waals surface area contributed by atoms with Crippen LogP contribution in [0.5, 0.6) is 5.75 Å². The lowest BCUT2D eigenvalue weighted by Crippen LogP contribution is -2.47. The van der Waals surface area contributed by atoms with E-state index in [0.717, 1.165) is 42.3 Å². The van der Waals surface area contributed by atoms with E-state index in [1.807, 2.05) is 55.9 Å². The molecule has 7 N–H and O–H groups in total. The first-order valence-electron chi connectivity index (χ1n) is 30.4. The van der Waals surface area contributed by atoms with E-state index >= 15 is 8.42 Å². The smallest absolute Gasteiger partial charge is 0.315 e. The fraction of sp³-hybridized carbons (Fsp3) is 0.379. The Morgan fingerprint density at radius 1 is 0.756 bits per heavy atom. The summed E-state index contributed by atoms with van der Waals surface area (Å²) in [7, 11) is -5.10. The molecule has 11 rings (SSSR count). The number of anilines is 1. The molecule has 6 bridgehead atoms. The van der Waals surface area contributed by atoms with Crippen LogP contribution in [-0.2, 0) is 53.6 Å². The Balaban J connectivity index is 0.816. The van der Waals surface area contributed by atoms with Crippen molar-refractivity contribution in [1.82, 2.24) is 45.9 Å². The topological polar surface area (TPSA) is 291 Å². The number of nitrogens with zero attached hydrogens (tertiary/aromatic N) is 5. The van der Waals surface area contributed by atoms with Gasteiger partial charge in [-0.2, -0.15) is 16.1 Å². The van der Waals surface area contributed by atoms with E-state index in [1.54, 1.807) is 72.8 Å². The molecule has 90 heavy (non-hydrogen) atoms. The highest BCUT2D eigenvalue weighted by Gasteiger charge is 2.43. The monoisotopic (exact) mass is 1280 g/mol. The van der Waals surface area contributed by atoms with Gasteiger partial charge in [0.15, 0.2) is 5.78 Å². The number of carbonyl (C=O) groups excluding carboxylic acids is 5. The summed E-state index contributed by atoms with van der Waals surface area (Å²) in [6.45, 7) is 1.58. The summed E-state index contributed by atoms with van der Waals surface area (Å²) in [6.07, 6.45) is 5.09. The highest BCUT2D eigenvalue weighted by Crippen LogP contribution is 2.40. The number of fused-ring (bicyclic) bond motifs is 5. The molecule has 7 atom stereocenters. The normalized spacial score (nSPS) is 19.3. The lowest BCUT2D eigenvalue weighted by Gasteiger charge is -2.32. The second-order valence-corrected chi connectivity index (χ2v) is 28.7. The Labute approximate surface area is 528 Å². The predicted molar refractivity (Wildman–Crippen MR) is 343 cm³/mol. The van der Waals surface area contributed by atoms with Gasteiger partial charge in [0.25, 0.3) is 0 Å². The first kappa shape index (κ1) is 64.8. The number of sulfonamides is 1. The van der Waals surface area contributed by atoms with Gasteiger partial charge < -0.3 is 41.7 Å². The number of phenolic OH excluding ortho intramolecular Hbond substituents is 1. The predicted octanol–water partition coefficient (Wildman–Crippen LogP) is 6.97. The minimum atomic E-state index is -4.54. The molecule has 4 aliphatic rings. The minimum Gasteiger partial charge on any atom is -0.508 e. The van der Waals surface area contributed by atoms with Crippen molar-refractivity contribution in [3.8, 4) is 5.75 Å². The van der Waals surface area contributed by atoms with Crippen LogP contribution in [0.1, 0.15) is 109 Å². The van der Waals surface area contributed by atoms with Crippen LogP contribution in [-0.4, -0.2) is 145 Å². The first-order chi connectivity index (χ1) is 43.2. The maximum atomic E-state index is 15.1. The molecule has 2 fully saturated rings. The second kappa shape index (κ2) is 28.8. The van der Waals surface area contributed by atoms with Crippen molar-refractivity contribution in [3.05, 3.63) is 173 Å². The molecule has 5 heterocycles. The second-order valence-electron chi connectivity index (χ2n) is 23.6. The van der Waals surface area contributed by atoms with Gasteiger partial charge in [0.05, 0.1) is 51.7 Å². The van der Waals surface area contributed by atoms with E-state index < -0.39 is 56.4 Å². The zero-order valence-electron chi connectivity index (χ0n) is 50.5. The third kappa shape index (κ3) is 15.3. The molecular weight excluding hydrogens is 1200 g/mol. The number of aromatic nitrogens is 3. The van der Waals surface area contributed by atoms with Crippen LogP contribution in [0.3, 0.4) is 0 Å². The molecule has 0 saturated carbocycles. The lowest BCUT2D eigenvalue weighted by atomic mass is 9.94. The number of rotatable bonds is 26. The molecule has 474 valence electrons. The summed E-state index contributed by atoms with van der Waals surface area (Å²) in [5.74, 6) is -0.681. The number of amides is 5. The molecule has 21 nitrogen and oxygen atoms in total. The van der Waals surface area contributed by atoms with Crippen LogP contribution in [0, 0.1) is 0 Å². The van der Waals surface area contributed by atoms with Gasteiger partial charge in [-0.1, -0.05) is 122 Å². The van der Waals surface area contributed by atoms with Gasteiger partial charge in [-0.25, -0.2) is 26.3 Å². The zero-order chi connectivity index (χ0) is 63.7. The Morgan fingerprint density at radius 2 is 1.46 bits per heavy atom. The molecule has 6 aromatic carbocycles. The van der Waals surface area contributed by atoms with E-state index in [1.165, 1.54) is 51.6 Å².